The van der Waals surface area contributed by atoms with E-state index in [-0.39, 0.29) is 5.91 Å². The van der Waals surface area contributed by atoms with Gasteiger partial charge in [0.15, 0.2) is 0 Å². The van der Waals surface area contributed by atoms with E-state index in [2.05, 4.69) is 35.5 Å². The number of likely N-dealkylation sites (tertiary alicyclic amines) is 1. The van der Waals surface area contributed by atoms with Crippen LogP contribution >= 0.6 is 0 Å². The van der Waals surface area contributed by atoms with Gasteiger partial charge in [0.25, 0.3) is 5.91 Å². The normalized spacial score (nSPS) is 22.8. The Balaban J connectivity index is 1.76. The van der Waals surface area contributed by atoms with Crippen molar-refractivity contribution in [2.45, 2.75) is 12.8 Å². The second-order valence-electron chi connectivity index (χ2n) is 7.28. The van der Waals surface area contributed by atoms with Gasteiger partial charge in [-0.2, -0.15) is 0 Å². The van der Waals surface area contributed by atoms with Gasteiger partial charge >= 0.3 is 0 Å². The molecule has 0 aromatic heterocycles. The molecule has 2 aliphatic rings. The van der Waals surface area contributed by atoms with E-state index < -0.39 is 0 Å². The Morgan fingerprint density at radius 2 is 1.88 bits per heavy atom. The maximum atomic E-state index is 12.6. The van der Waals surface area contributed by atoms with Gasteiger partial charge < -0.3 is 15.0 Å². The Morgan fingerprint density at radius 1 is 1.12 bits per heavy atom. The van der Waals surface area contributed by atoms with Crippen molar-refractivity contribution in [3.63, 3.8) is 0 Å². The van der Waals surface area contributed by atoms with Crippen LogP contribution < -0.4 is 10.1 Å². The molecular formula is C21H24N2O2. The van der Waals surface area contributed by atoms with Crippen molar-refractivity contribution in [2.24, 2.45) is 5.92 Å². The molecule has 0 aliphatic carbocycles. The number of aryl methyl sites for hydroxylation is 1. The minimum Gasteiger partial charge on any atom is -0.496 e. The van der Waals surface area contributed by atoms with E-state index in [0.717, 1.165) is 47.6 Å². The molecular weight excluding hydrogens is 312 g/mol. The lowest BCUT2D eigenvalue weighted by Crippen LogP contribution is -2.29. The van der Waals surface area contributed by atoms with Crippen molar-refractivity contribution in [1.82, 2.24) is 10.2 Å². The van der Waals surface area contributed by atoms with Gasteiger partial charge in [-0.25, -0.2) is 0 Å². The van der Waals surface area contributed by atoms with Gasteiger partial charge in [-0.3, -0.25) is 4.79 Å². The standard InChI is InChI=1S/C21H24N2O2/c1-13-8-14(5-7-20(13)25-3)15-4-6-17-18(9-15)21(24)22-10-16-11-23(2)12-19(16)17/h4-9,16,19H,10-12H2,1-3H3,(H,22,24)/t16-,19-/m0/s1. The molecule has 1 fully saturated rings. The van der Waals surface area contributed by atoms with Crippen LogP contribution in [0.4, 0.5) is 0 Å². The summed E-state index contributed by atoms with van der Waals surface area (Å²) in [5, 5.41) is 3.12. The van der Waals surface area contributed by atoms with Crippen LogP contribution in [-0.2, 0) is 0 Å². The van der Waals surface area contributed by atoms with Crippen molar-refractivity contribution >= 4 is 5.91 Å². The summed E-state index contributed by atoms with van der Waals surface area (Å²) in [4.78, 5) is 15.0. The largest absolute Gasteiger partial charge is 0.496 e. The number of rotatable bonds is 2. The average molecular weight is 336 g/mol. The first-order valence-electron chi connectivity index (χ1n) is 8.82. The predicted molar refractivity (Wildman–Crippen MR) is 99.2 cm³/mol. The average Bonchev–Trinajstić information content (AvgIpc) is 2.94. The molecule has 0 spiro atoms. The first kappa shape index (κ1) is 16.2. The third-order valence-corrected chi connectivity index (χ3v) is 5.57. The molecule has 0 radical (unpaired) electrons. The Kier molecular flexibility index (Phi) is 4.00. The number of carbonyl (C=O) groups excluding carboxylic acids is 1. The second-order valence-corrected chi connectivity index (χ2v) is 7.28. The molecule has 0 bridgehead atoms. The monoisotopic (exact) mass is 336 g/mol. The van der Waals surface area contributed by atoms with Crippen molar-refractivity contribution < 1.29 is 9.53 Å². The Labute approximate surface area is 148 Å². The summed E-state index contributed by atoms with van der Waals surface area (Å²) in [6.45, 7) is 4.87. The molecule has 25 heavy (non-hydrogen) atoms. The van der Waals surface area contributed by atoms with Gasteiger partial charge in [0, 0.05) is 31.1 Å². The van der Waals surface area contributed by atoms with Crippen LogP contribution in [0, 0.1) is 12.8 Å². The summed E-state index contributed by atoms with van der Waals surface area (Å²) >= 11 is 0. The van der Waals surface area contributed by atoms with Gasteiger partial charge in [0.05, 0.1) is 7.11 Å². The fraction of sp³-hybridized carbons (Fsp3) is 0.381. The van der Waals surface area contributed by atoms with Crippen LogP contribution in [0.15, 0.2) is 36.4 Å². The molecule has 4 heteroatoms. The highest BCUT2D eigenvalue weighted by molar-refractivity contribution is 5.97. The number of methoxy groups -OCH3 is 1. The van der Waals surface area contributed by atoms with Crippen molar-refractivity contribution in [3.05, 3.63) is 53.1 Å². The van der Waals surface area contributed by atoms with Crippen LogP contribution in [-0.4, -0.2) is 44.6 Å². The number of fused-ring (bicyclic) bond motifs is 3. The molecule has 1 N–H and O–H groups in total. The van der Waals surface area contributed by atoms with Crippen LogP contribution in [0.25, 0.3) is 11.1 Å². The zero-order valence-electron chi connectivity index (χ0n) is 15.0. The van der Waals surface area contributed by atoms with Crippen molar-refractivity contribution in [3.8, 4) is 16.9 Å². The highest BCUT2D eigenvalue weighted by atomic mass is 16.5. The summed E-state index contributed by atoms with van der Waals surface area (Å²) < 4.78 is 5.35. The molecule has 4 rings (SSSR count). The number of benzene rings is 2. The van der Waals surface area contributed by atoms with E-state index in [1.807, 2.05) is 25.1 Å². The number of nitrogens with zero attached hydrogens (tertiary/aromatic N) is 1. The Hall–Kier alpha value is -2.33. The van der Waals surface area contributed by atoms with E-state index >= 15 is 0 Å². The Morgan fingerprint density at radius 3 is 2.64 bits per heavy atom. The molecule has 0 unspecified atom stereocenters. The summed E-state index contributed by atoms with van der Waals surface area (Å²) in [6.07, 6.45) is 0. The fourth-order valence-corrected chi connectivity index (χ4v) is 4.28. The van der Waals surface area contributed by atoms with Crippen molar-refractivity contribution in [2.75, 3.05) is 33.8 Å². The van der Waals surface area contributed by atoms with E-state index in [4.69, 9.17) is 4.74 Å². The van der Waals surface area contributed by atoms with E-state index in [9.17, 15) is 4.79 Å². The summed E-state index contributed by atoms with van der Waals surface area (Å²) in [7, 11) is 3.84. The van der Waals surface area contributed by atoms with E-state index in [1.54, 1.807) is 7.11 Å². The molecule has 1 amide bonds. The molecule has 130 valence electrons. The molecule has 2 aromatic rings. The minimum atomic E-state index is 0.0548. The number of hydrogen-bond donors (Lipinski definition) is 1. The third-order valence-electron chi connectivity index (χ3n) is 5.57. The topological polar surface area (TPSA) is 41.6 Å². The van der Waals surface area contributed by atoms with Gasteiger partial charge in [-0.05, 0) is 60.3 Å². The highest BCUT2D eigenvalue weighted by Crippen LogP contribution is 2.37. The zero-order chi connectivity index (χ0) is 17.6. The van der Waals surface area contributed by atoms with Crippen LogP contribution in [0.2, 0.25) is 0 Å². The summed E-state index contributed by atoms with van der Waals surface area (Å²) in [6, 6.07) is 12.5. The van der Waals surface area contributed by atoms with E-state index in [1.165, 1.54) is 5.56 Å². The molecule has 1 saturated heterocycles. The third kappa shape index (κ3) is 2.81. The highest BCUT2D eigenvalue weighted by Gasteiger charge is 2.36. The molecule has 2 aromatic carbocycles. The molecule has 4 nitrogen and oxygen atoms in total. The first-order valence-corrected chi connectivity index (χ1v) is 8.82. The quantitative estimate of drug-likeness (QED) is 0.916. The second kappa shape index (κ2) is 6.19. The van der Waals surface area contributed by atoms with Gasteiger partial charge in [-0.1, -0.05) is 18.2 Å². The maximum Gasteiger partial charge on any atom is 0.251 e. The predicted octanol–water partition coefficient (Wildman–Crippen LogP) is 3.06. The van der Waals surface area contributed by atoms with Crippen LogP contribution in [0.1, 0.15) is 27.4 Å². The first-order chi connectivity index (χ1) is 12.1. The number of ether oxygens (including phenoxy) is 1. The van der Waals surface area contributed by atoms with Crippen LogP contribution in [0.3, 0.4) is 0 Å². The molecule has 2 heterocycles. The number of carbonyl (C=O) groups is 1. The Bertz CT molecular complexity index is 831. The van der Waals surface area contributed by atoms with Crippen molar-refractivity contribution in [1.29, 1.82) is 0 Å². The fourth-order valence-electron chi connectivity index (χ4n) is 4.28. The smallest absolute Gasteiger partial charge is 0.251 e. The van der Waals surface area contributed by atoms with Crippen LogP contribution in [0.5, 0.6) is 5.75 Å². The number of hydrogen-bond acceptors (Lipinski definition) is 3. The maximum absolute atomic E-state index is 12.6. The molecule has 2 aliphatic heterocycles. The lowest BCUT2D eigenvalue weighted by molar-refractivity contribution is 0.0951. The lowest BCUT2D eigenvalue weighted by atomic mass is 9.86. The zero-order valence-corrected chi connectivity index (χ0v) is 15.0. The SMILES string of the molecule is COc1ccc(-c2ccc3c(c2)C(=O)NC[C@H]2CN(C)C[C@H]32)cc1C. The van der Waals surface area contributed by atoms with Gasteiger partial charge in [0.2, 0.25) is 0 Å². The number of nitrogens with one attached hydrogen (secondary N) is 1. The minimum absolute atomic E-state index is 0.0548. The van der Waals surface area contributed by atoms with E-state index in [0.29, 0.717) is 11.8 Å². The number of likely N-dealkylation sites (N-methyl/N-ethyl adjacent to an activating group) is 1. The molecule has 0 saturated carbocycles. The van der Waals surface area contributed by atoms with Gasteiger partial charge in [0.1, 0.15) is 5.75 Å². The van der Waals surface area contributed by atoms with Gasteiger partial charge in [-0.15, -0.1) is 0 Å². The molecule has 2 atom stereocenters. The summed E-state index contributed by atoms with van der Waals surface area (Å²) in [5.74, 6) is 1.88. The lowest BCUT2D eigenvalue weighted by Gasteiger charge is -2.17. The number of amides is 1. The summed E-state index contributed by atoms with van der Waals surface area (Å²) in [5.41, 5.74) is 5.30.